The molecule has 184 valence electrons. The summed E-state index contributed by atoms with van der Waals surface area (Å²) in [5, 5.41) is 11.0. The van der Waals surface area contributed by atoms with Gasteiger partial charge in [-0.1, -0.05) is 39.0 Å². The van der Waals surface area contributed by atoms with Gasteiger partial charge in [0.2, 0.25) is 5.91 Å². The number of thioether (sulfide) groups is 1. The number of aliphatic hydroxyl groups excluding tert-OH is 1. The van der Waals surface area contributed by atoms with E-state index >= 15 is 0 Å². The topological polar surface area (TPSA) is 68.2 Å². The van der Waals surface area contributed by atoms with E-state index in [2.05, 4.69) is 40.0 Å². The molecule has 6 nitrogen and oxygen atoms in total. The van der Waals surface area contributed by atoms with Crippen LogP contribution in [0.4, 0.5) is 0 Å². The Morgan fingerprint density at radius 1 is 1.42 bits per heavy atom. The molecule has 0 saturated carbocycles. The van der Waals surface area contributed by atoms with Gasteiger partial charge in [0.05, 0.1) is 25.2 Å². The lowest BCUT2D eigenvalue weighted by Gasteiger charge is -2.28. The lowest BCUT2D eigenvalue weighted by Crippen LogP contribution is -2.38. The van der Waals surface area contributed by atoms with E-state index in [1.165, 1.54) is 0 Å². The number of carbonyl (C=O) groups is 1. The molecule has 2 fully saturated rings. The third kappa shape index (κ3) is 6.28. The summed E-state index contributed by atoms with van der Waals surface area (Å²) < 4.78 is 17.4. The van der Waals surface area contributed by atoms with Crippen molar-refractivity contribution in [1.29, 1.82) is 0 Å². The van der Waals surface area contributed by atoms with Crippen molar-refractivity contribution in [2.75, 3.05) is 13.7 Å². The van der Waals surface area contributed by atoms with Gasteiger partial charge in [-0.05, 0) is 37.3 Å². The van der Waals surface area contributed by atoms with Gasteiger partial charge < -0.3 is 24.2 Å². The fourth-order valence-electron chi connectivity index (χ4n) is 4.14. The number of ether oxygens (including phenoxy) is 3. The Morgan fingerprint density at radius 3 is 2.64 bits per heavy atom. The minimum atomic E-state index is -0.761. The SMILES string of the molecule is C=C[C@@H]1O[C@@H](c2ccc(OC)cc2)O[C@]1(C)CC[C@@H](O)CC(=O)N1C[C@@H](C(C)(C)C)S[C@H]1S. The maximum absolute atomic E-state index is 12.8. The Hall–Kier alpha value is -1.19. The van der Waals surface area contributed by atoms with Crippen LogP contribution in [0, 0.1) is 5.41 Å². The van der Waals surface area contributed by atoms with Gasteiger partial charge in [0.15, 0.2) is 6.29 Å². The number of rotatable bonds is 8. The van der Waals surface area contributed by atoms with Crippen molar-refractivity contribution in [3.8, 4) is 5.75 Å². The Labute approximate surface area is 207 Å². The number of hydrogen-bond donors (Lipinski definition) is 2. The normalized spacial score (nSPS) is 30.9. The summed E-state index contributed by atoms with van der Waals surface area (Å²) >= 11 is 6.29. The summed E-state index contributed by atoms with van der Waals surface area (Å²) in [5.41, 5.74) is 0.332. The van der Waals surface area contributed by atoms with Crippen molar-refractivity contribution in [2.24, 2.45) is 5.41 Å². The average molecular weight is 496 g/mol. The maximum Gasteiger partial charge on any atom is 0.226 e. The number of aliphatic hydroxyl groups is 1. The van der Waals surface area contributed by atoms with Crippen LogP contribution in [-0.2, 0) is 14.3 Å². The molecule has 1 N–H and O–H groups in total. The minimum absolute atomic E-state index is 0.0631. The zero-order chi connectivity index (χ0) is 24.4. The lowest BCUT2D eigenvalue weighted by atomic mass is 9.91. The first kappa shape index (κ1) is 26.4. The van der Waals surface area contributed by atoms with E-state index in [0.717, 1.165) is 11.3 Å². The van der Waals surface area contributed by atoms with Gasteiger partial charge in [-0.15, -0.1) is 31.0 Å². The van der Waals surface area contributed by atoms with E-state index in [9.17, 15) is 9.90 Å². The van der Waals surface area contributed by atoms with Crippen LogP contribution in [0.1, 0.15) is 58.8 Å². The molecule has 2 aliphatic heterocycles. The summed E-state index contributed by atoms with van der Waals surface area (Å²) in [6.07, 6.45) is 1.16. The molecule has 6 atom stereocenters. The molecule has 0 aliphatic carbocycles. The fraction of sp³-hybridized carbons (Fsp3) is 0.640. The molecule has 0 aromatic heterocycles. The van der Waals surface area contributed by atoms with Gasteiger partial charge in [0.25, 0.3) is 0 Å². The first-order chi connectivity index (χ1) is 15.5. The Kier molecular flexibility index (Phi) is 8.49. The summed E-state index contributed by atoms with van der Waals surface area (Å²) in [6, 6.07) is 7.56. The fourth-order valence-corrected chi connectivity index (χ4v) is 6.10. The van der Waals surface area contributed by atoms with E-state index in [4.69, 9.17) is 14.2 Å². The number of thiol groups is 1. The number of amides is 1. The summed E-state index contributed by atoms with van der Waals surface area (Å²) in [7, 11) is 1.63. The van der Waals surface area contributed by atoms with Crippen molar-refractivity contribution < 1.29 is 24.1 Å². The van der Waals surface area contributed by atoms with E-state index < -0.39 is 18.0 Å². The molecule has 8 heteroatoms. The number of hydrogen-bond acceptors (Lipinski definition) is 7. The highest BCUT2D eigenvalue weighted by Crippen LogP contribution is 2.43. The first-order valence-electron chi connectivity index (χ1n) is 11.4. The zero-order valence-corrected chi connectivity index (χ0v) is 21.9. The van der Waals surface area contributed by atoms with Crippen LogP contribution in [-0.4, -0.2) is 57.3 Å². The molecule has 33 heavy (non-hydrogen) atoms. The molecular formula is C25H37NO5S2. The van der Waals surface area contributed by atoms with E-state index in [0.29, 0.717) is 24.6 Å². The number of nitrogens with zero attached hydrogens (tertiary/aromatic N) is 1. The molecule has 1 aromatic carbocycles. The second-order valence-corrected chi connectivity index (χ2v) is 12.2. The number of carbonyl (C=O) groups excluding carboxylic acids is 1. The molecule has 1 aromatic rings. The molecule has 0 bridgehead atoms. The van der Waals surface area contributed by atoms with Gasteiger partial charge in [-0.2, -0.15) is 0 Å². The first-order valence-corrected chi connectivity index (χ1v) is 12.8. The largest absolute Gasteiger partial charge is 0.497 e. The van der Waals surface area contributed by atoms with Crippen molar-refractivity contribution in [3.05, 3.63) is 42.5 Å². The zero-order valence-electron chi connectivity index (χ0n) is 20.2. The Bertz CT molecular complexity index is 827. The van der Waals surface area contributed by atoms with Crippen molar-refractivity contribution >= 4 is 30.3 Å². The number of benzene rings is 1. The third-order valence-corrected chi connectivity index (χ3v) is 8.76. The monoisotopic (exact) mass is 495 g/mol. The van der Waals surface area contributed by atoms with Crippen LogP contribution >= 0.6 is 24.4 Å². The molecule has 3 rings (SSSR count). The predicted molar refractivity (Wildman–Crippen MR) is 135 cm³/mol. The smallest absolute Gasteiger partial charge is 0.226 e. The van der Waals surface area contributed by atoms with Crippen LogP contribution in [0.2, 0.25) is 0 Å². The molecule has 2 aliphatic rings. The minimum Gasteiger partial charge on any atom is -0.497 e. The molecular weight excluding hydrogens is 458 g/mol. The highest BCUT2D eigenvalue weighted by atomic mass is 32.2. The standard InChI is InChI=1S/C25H37NO5S2/c1-7-19-25(5,31-22(30-19)16-8-10-18(29-6)11-9-16)13-12-17(27)14-21(28)26-15-20(24(2,3)4)33-23(26)32/h7-11,17,19-20,22-23,27,32H,1,12-15H2,2-6H3/t17-,19+,20+,22-,23-,25-/m1/s1. The van der Waals surface area contributed by atoms with Gasteiger partial charge in [-0.3, -0.25) is 4.79 Å². The van der Waals surface area contributed by atoms with Crippen LogP contribution in [0.25, 0.3) is 0 Å². The molecule has 1 amide bonds. The third-order valence-electron chi connectivity index (χ3n) is 6.44. The van der Waals surface area contributed by atoms with E-state index in [-0.39, 0.29) is 28.6 Å². The maximum atomic E-state index is 12.8. The Balaban J connectivity index is 1.55. The lowest BCUT2D eigenvalue weighted by molar-refractivity contribution is -0.133. The van der Waals surface area contributed by atoms with Crippen LogP contribution in [0.5, 0.6) is 5.75 Å². The molecule has 0 radical (unpaired) electrons. The van der Waals surface area contributed by atoms with Gasteiger partial charge in [0.1, 0.15) is 16.6 Å². The molecule has 0 unspecified atom stereocenters. The van der Waals surface area contributed by atoms with Crippen molar-refractivity contribution in [2.45, 2.75) is 81.0 Å². The van der Waals surface area contributed by atoms with E-state index in [1.807, 2.05) is 31.2 Å². The summed E-state index contributed by atoms with van der Waals surface area (Å²) in [5.74, 6) is 0.702. The molecule has 0 spiro atoms. The summed E-state index contributed by atoms with van der Waals surface area (Å²) in [6.45, 7) is 13.0. The van der Waals surface area contributed by atoms with Crippen molar-refractivity contribution in [1.82, 2.24) is 4.90 Å². The average Bonchev–Trinajstić information content (AvgIpc) is 3.33. The van der Waals surface area contributed by atoms with Gasteiger partial charge in [-0.25, -0.2) is 0 Å². The predicted octanol–water partition coefficient (Wildman–Crippen LogP) is 4.79. The van der Waals surface area contributed by atoms with Crippen LogP contribution in [0.15, 0.2) is 36.9 Å². The van der Waals surface area contributed by atoms with Crippen LogP contribution in [0.3, 0.4) is 0 Å². The van der Waals surface area contributed by atoms with E-state index in [1.54, 1.807) is 29.8 Å². The summed E-state index contributed by atoms with van der Waals surface area (Å²) in [4.78, 5) is 14.6. The van der Waals surface area contributed by atoms with Gasteiger partial charge >= 0.3 is 0 Å². The number of methoxy groups -OCH3 is 1. The highest BCUT2D eigenvalue weighted by molar-refractivity contribution is 8.11. The molecule has 2 saturated heterocycles. The highest BCUT2D eigenvalue weighted by Gasteiger charge is 2.45. The van der Waals surface area contributed by atoms with Gasteiger partial charge in [0, 0.05) is 17.4 Å². The second kappa shape index (κ2) is 10.6. The van der Waals surface area contributed by atoms with Crippen LogP contribution < -0.4 is 4.74 Å². The Morgan fingerprint density at radius 2 is 2.09 bits per heavy atom. The second-order valence-electron chi connectivity index (χ2n) is 10.1. The molecule has 2 heterocycles. The van der Waals surface area contributed by atoms with Crippen molar-refractivity contribution in [3.63, 3.8) is 0 Å². The quantitative estimate of drug-likeness (QED) is 0.399.